The summed E-state index contributed by atoms with van der Waals surface area (Å²) >= 11 is 0. The number of hydrogen-bond donors (Lipinski definition) is 8. The number of aliphatic hydroxyl groups is 1. The van der Waals surface area contributed by atoms with E-state index in [2.05, 4.69) is 10.6 Å². The van der Waals surface area contributed by atoms with Crippen LogP contribution in [-0.2, 0) is 28.8 Å². The number of carbonyl (C=O) groups excluding carboxylic acids is 4. The van der Waals surface area contributed by atoms with E-state index in [0.29, 0.717) is 0 Å². The fourth-order valence-electron chi connectivity index (χ4n) is 1.96. The second-order valence-corrected chi connectivity index (χ2v) is 5.96. The maximum absolute atomic E-state index is 12.0. The molecule has 0 heterocycles. The van der Waals surface area contributed by atoms with Crippen molar-refractivity contribution in [2.24, 2.45) is 11.5 Å². The first-order chi connectivity index (χ1) is 13.5. The number of rotatable bonds is 14. The van der Waals surface area contributed by atoms with E-state index in [1.54, 1.807) is 0 Å². The van der Waals surface area contributed by atoms with Gasteiger partial charge in [0, 0.05) is 12.8 Å². The molecule has 0 radical (unpaired) electrons. The molecule has 0 bridgehead atoms. The summed E-state index contributed by atoms with van der Waals surface area (Å²) in [7, 11) is 0. The Balaban J connectivity index is 4.57. The number of hydrogen-bond acceptors (Lipinski definition) is 8. The number of carboxylic acid groups (broad SMARTS) is 2. The summed E-state index contributed by atoms with van der Waals surface area (Å²) in [5.41, 5.74) is 10.5. The highest BCUT2D eigenvalue weighted by atomic mass is 16.4. The number of nitrogens with two attached hydrogens (primary N) is 2. The average molecular weight is 419 g/mol. The summed E-state index contributed by atoms with van der Waals surface area (Å²) < 4.78 is 0. The highest BCUT2D eigenvalue weighted by Gasteiger charge is 2.25. The van der Waals surface area contributed by atoms with E-state index in [1.807, 2.05) is 5.32 Å². The highest BCUT2D eigenvalue weighted by Crippen LogP contribution is 1.98. The van der Waals surface area contributed by atoms with E-state index in [-0.39, 0.29) is 19.3 Å². The second-order valence-electron chi connectivity index (χ2n) is 5.96. The molecule has 0 rings (SSSR count). The molecule has 29 heavy (non-hydrogen) atoms. The largest absolute Gasteiger partial charge is 0.481 e. The molecule has 3 atom stereocenters. The van der Waals surface area contributed by atoms with Crippen molar-refractivity contribution in [3.05, 3.63) is 0 Å². The number of primary amides is 1. The molecule has 0 aliphatic heterocycles. The van der Waals surface area contributed by atoms with Crippen LogP contribution in [0.4, 0.5) is 0 Å². The summed E-state index contributed by atoms with van der Waals surface area (Å²) in [6.07, 6.45) is -1.07. The number of nitrogens with one attached hydrogen (secondary N) is 3. The Morgan fingerprint density at radius 1 is 0.862 bits per heavy atom. The van der Waals surface area contributed by atoms with E-state index in [4.69, 9.17) is 21.7 Å². The molecule has 0 fully saturated rings. The number of aliphatic hydroxyl groups excluding tert-OH is 1. The van der Waals surface area contributed by atoms with Crippen LogP contribution in [0.15, 0.2) is 0 Å². The van der Waals surface area contributed by atoms with E-state index < -0.39 is 73.3 Å². The molecule has 0 saturated carbocycles. The predicted octanol–water partition coefficient (Wildman–Crippen LogP) is -4.39. The number of aliphatic carboxylic acids is 2. The van der Waals surface area contributed by atoms with E-state index in [0.717, 1.165) is 0 Å². The molecule has 0 aromatic carbocycles. The van der Waals surface area contributed by atoms with Gasteiger partial charge in [-0.25, -0.2) is 4.79 Å². The lowest BCUT2D eigenvalue weighted by molar-refractivity contribution is -0.143. The SMILES string of the molecule is NC(=O)CCC(N)C(=O)NC(CO)C(=O)NCC(=O)NC(CCC(=O)O)C(=O)O. The van der Waals surface area contributed by atoms with E-state index in [9.17, 15) is 33.9 Å². The van der Waals surface area contributed by atoms with Crippen molar-refractivity contribution in [2.75, 3.05) is 13.2 Å². The van der Waals surface area contributed by atoms with Crippen molar-refractivity contribution in [1.82, 2.24) is 16.0 Å². The Bertz CT molecular complexity index is 640. The summed E-state index contributed by atoms with van der Waals surface area (Å²) in [4.78, 5) is 67.7. The lowest BCUT2D eigenvalue weighted by Crippen LogP contribution is -2.54. The standard InChI is InChI=1S/C15H25N5O9/c16-7(1-3-10(17)22)13(26)20-9(6-21)14(27)18-5-11(23)19-8(15(28)29)2-4-12(24)25/h7-9,21H,1-6,16H2,(H2,17,22)(H,18,27)(H,19,23)(H,20,26)(H,24,25)(H,28,29). The summed E-state index contributed by atoms with van der Waals surface area (Å²) in [5, 5.41) is 33.0. The number of amides is 4. The van der Waals surface area contributed by atoms with E-state index >= 15 is 0 Å². The van der Waals surface area contributed by atoms with Crippen molar-refractivity contribution >= 4 is 35.6 Å². The first kappa shape index (κ1) is 25.7. The molecule has 0 aromatic heterocycles. The molecule has 14 heteroatoms. The maximum Gasteiger partial charge on any atom is 0.326 e. The van der Waals surface area contributed by atoms with Crippen molar-refractivity contribution in [3.63, 3.8) is 0 Å². The zero-order valence-electron chi connectivity index (χ0n) is 15.4. The monoisotopic (exact) mass is 419 g/mol. The summed E-state index contributed by atoms with van der Waals surface area (Å²) in [6.45, 7) is -1.51. The van der Waals surface area contributed by atoms with Gasteiger partial charge in [0.25, 0.3) is 0 Å². The van der Waals surface area contributed by atoms with Gasteiger partial charge in [0.05, 0.1) is 19.2 Å². The van der Waals surface area contributed by atoms with Gasteiger partial charge in [-0.15, -0.1) is 0 Å². The van der Waals surface area contributed by atoms with Gasteiger partial charge in [-0.2, -0.15) is 0 Å². The van der Waals surface area contributed by atoms with Crippen LogP contribution in [0.3, 0.4) is 0 Å². The van der Waals surface area contributed by atoms with Gasteiger partial charge in [0.15, 0.2) is 0 Å². The van der Waals surface area contributed by atoms with Crippen LogP contribution in [0.1, 0.15) is 25.7 Å². The molecule has 10 N–H and O–H groups in total. The number of carboxylic acids is 2. The molecule has 0 aliphatic carbocycles. The summed E-state index contributed by atoms with van der Waals surface area (Å²) in [5.74, 6) is -6.05. The molecule has 164 valence electrons. The van der Waals surface area contributed by atoms with Crippen molar-refractivity contribution < 1.29 is 44.1 Å². The van der Waals surface area contributed by atoms with Crippen LogP contribution in [0, 0.1) is 0 Å². The third kappa shape index (κ3) is 11.2. The smallest absolute Gasteiger partial charge is 0.326 e. The van der Waals surface area contributed by atoms with Gasteiger partial charge < -0.3 is 42.7 Å². The van der Waals surface area contributed by atoms with Crippen LogP contribution >= 0.6 is 0 Å². The minimum atomic E-state index is -1.47. The molecule has 0 aromatic rings. The Labute approximate surface area is 165 Å². The Hall–Kier alpha value is -3.26. The second kappa shape index (κ2) is 13.0. The Morgan fingerprint density at radius 2 is 1.48 bits per heavy atom. The van der Waals surface area contributed by atoms with Crippen LogP contribution in [0.5, 0.6) is 0 Å². The minimum absolute atomic E-state index is 0.0732. The Kier molecular flexibility index (Phi) is 11.5. The first-order valence-electron chi connectivity index (χ1n) is 8.44. The fraction of sp³-hybridized carbons (Fsp3) is 0.600. The lowest BCUT2D eigenvalue weighted by atomic mass is 10.1. The normalized spacial score (nSPS) is 13.4. The van der Waals surface area contributed by atoms with Gasteiger partial charge >= 0.3 is 11.9 Å². The molecule has 4 amide bonds. The van der Waals surface area contributed by atoms with Gasteiger partial charge in [0.2, 0.25) is 23.6 Å². The molecular weight excluding hydrogens is 394 g/mol. The van der Waals surface area contributed by atoms with Crippen molar-refractivity contribution in [1.29, 1.82) is 0 Å². The molecular formula is C15H25N5O9. The first-order valence-corrected chi connectivity index (χ1v) is 8.44. The van der Waals surface area contributed by atoms with Crippen LogP contribution in [0.25, 0.3) is 0 Å². The molecule has 0 spiro atoms. The van der Waals surface area contributed by atoms with Gasteiger partial charge in [-0.1, -0.05) is 0 Å². The molecule has 14 nitrogen and oxygen atoms in total. The predicted molar refractivity (Wildman–Crippen MR) is 94.9 cm³/mol. The quantitative estimate of drug-likeness (QED) is 0.134. The lowest BCUT2D eigenvalue weighted by Gasteiger charge is -2.19. The minimum Gasteiger partial charge on any atom is -0.481 e. The number of carbonyl (C=O) groups is 6. The molecule has 3 unspecified atom stereocenters. The average Bonchev–Trinajstić information content (AvgIpc) is 2.64. The summed E-state index contributed by atoms with van der Waals surface area (Å²) in [6, 6.07) is -4.07. The fourth-order valence-corrected chi connectivity index (χ4v) is 1.96. The third-order valence-corrected chi connectivity index (χ3v) is 3.56. The molecule has 0 saturated heterocycles. The van der Waals surface area contributed by atoms with Crippen molar-refractivity contribution in [3.8, 4) is 0 Å². The van der Waals surface area contributed by atoms with Gasteiger partial charge in [0.1, 0.15) is 12.1 Å². The zero-order chi connectivity index (χ0) is 22.6. The topological polar surface area (TPSA) is 251 Å². The highest BCUT2D eigenvalue weighted by molar-refractivity contribution is 5.92. The third-order valence-electron chi connectivity index (χ3n) is 3.56. The Morgan fingerprint density at radius 3 is 1.97 bits per heavy atom. The zero-order valence-corrected chi connectivity index (χ0v) is 15.4. The van der Waals surface area contributed by atoms with E-state index in [1.165, 1.54) is 0 Å². The van der Waals surface area contributed by atoms with Crippen LogP contribution < -0.4 is 27.4 Å². The van der Waals surface area contributed by atoms with Crippen LogP contribution in [0.2, 0.25) is 0 Å². The van der Waals surface area contributed by atoms with Gasteiger partial charge in [-0.3, -0.25) is 24.0 Å². The van der Waals surface area contributed by atoms with Gasteiger partial charge in [-0.05, 0) is 12.8 Å². The van der Waals surface area contributed by atoms with Crippen molar-refractivity contribution in [2.45, 2.75) is 43.8 Å². The van der Waals surface area contributed by atoms with Crippen LogP contribution in [-0.4, -0.2) is 82.2 Å². The molecule has 0 aliphatic rings. The maximum atomic E-state index is 12.0.